The number of thiophene rings is 1. The van der Waals surface area contributed by atoms with Crippen LogP contribution >= 0.6 is 11.3 Å². The van der Waals surface area contributed by atoms with Gasteiger partial charge in [0, 0.05) is 18.5 Å². The molecule has 0 amide bonds. The molecule has 0 bridgehead atoms. The fourth-order valence-corrected chi connectivity index (χ4v) is 3.22. The van der Waals surface area contributed by atoms with Crippen molar-refractivity contribution in [3.05, 3.63) is 34.5 Å². The molecule has 1 aromatic rings. The van der Waals surface area contributed by atoms with Crippen LogP contribution in [0.15, 0.2) is 34.7 Å². The normalized spacial score (nSPS) is 21.9. The summed E-state index contributed by atoms with van der Waals surface area (Å²) in [6, 6.07) is 3.91. The molecule has 5 heteroatoms. The Balaban J connectivity index is 1.78. The summed E-state index contributed by atoms with van der Waals surface area (Å²) in [5.41, 5.74) is -0.876. The Bertz CT molecular complexity index is 480. The maximum absolute atomic E-state index is 10.5. The highest BCUT2D eigenvalue weighted by Gasteiger charge is 2.24. The summed E-state index contributed by atoms with van der Waals surface area (Å²) in [4.78, 5) is 5.19. The Labute approximate surface area is 131 Å². The number of hydrogen-bond acceptors (Lipinski definition) is 3. The molecule has 0 aromatic carbocycles. The highest BCUT2D eigenvalue weighted by Crippen LogP contribution is 2.24. The predicted molar refractivity (Wildman–Crippen MR) is 89.7 cm³/mol. The zero-order valence-electron chi connectivity index (χ0n) is 12.8. The number of rotatable bonds is 5. The molecule has 2 atom stereocenters. The minimum absolute atomic E-state index is 0.442. The van der Waals surface area contributed by atoms with Gasteiger partial charge in [-0.2, -0.15) is 0 Å². The Morgan fingerprint density at radius 1 is 1.48 bits per heavy atom. The standard InChI is InChI=1S/C16H25N3OS/c1-16(20,14-9-6-10-21-14)12-19-15(17-2)18-11-13-7-4-3-5-8-13/h3-4,6,9-10,13,20H,5,7-8,11-12H2,1-2H3,(H2,17,18,19). The van der Waals surface area contributed by atoms with Crippen molar-refractivity contribution in [2.45, 2.75) is 31.8 Å². The first kappa shape index (κ1) is 16.0. The summed E-state index contributed by atoms with van der Waals surface area (Å²) < 4.78 is 0. The summed E-state index contributed by atoms with van der Waals surface area (Å²) in [6.07, 6.45) is 8.05. The molecule has 1 heterocycles. The molecule has 0 spiro atoms. The molecule has 0 saturated carbocycles. The van der Waals surface area contributed by atoms with E-state index >= 15 is 0 Å². The Morgan fingerprint density at radius 2 is 2.33 bits per heavy atom. The molecular formula is C16H25N3OS. The number of hydrogen-bond donors (Lipinski definition) is 3. The first-order valence-corrected chi connectivity index (χ1v) is 8.35. The van der Waals surface area contributed by atoms with E-state index in [4.69, 9.17) is 0 Å². The molecule has 4 nitrogen and oxygen atoms in total. The quantitative estimate of drug-likeness (QED) is 0.445. The second-order valence-corrected chi connectivity index (χ2v) is 6.66. The van der Waals surface area contributed by atoms with Gasteiger partial charge in [-0.3, -0.25) is 4.99 Å². The van der Waals surface area contributed by atoms with Gasteiger partial charge in [-0.15, -0.1) is 11.3 Å². The number of nitrogens with zero attached hydrogens (tertiary/aromatic N) is 1. The molecule has 1 aliphatic carbocycles. The number of nitrogens with one attached hydrogen (secondary N) is 2. The first-order chi connectivity index (χ1) is 10.1. The summed E-state index contributed by atoms with van der Waals surface area (Å²) in [5.74, 6) is 1.42. The van der Waals surface area contributed by atoms with Gasteiger partial charge < -0.3 is 15.7 Å². The van der Waals surface area contributed by atoms with Crippen LogP contribution in [0.1, 0.15) is 31.1 Å². The molecule has 3 N–H and O–H groups in total. The molecular weight excluding hydrogens is 282 g/mol. The lowest BCUT2D eigenvalue weighted by Crippen LogP contribution is -2.45. The van der Waals surface area contributed by atoms with E-state index in [0.717, 1.165) is 23.8 Å². The van der Waals surface area contributed by atoms with Crippen LogP contribution in [-0.2, 0) is 5.60 Å². The lowest BCUT2D eigenvalue weighted by atomic mass is 9.94. The van der Waals surface area contributed by atoms with Crippen LogP contribution in [0.2, 0.25) is 0 Å². The molecule has 21 heavy (non-hydrogen) atoms. The van der Waals surface area contributed by atoms with E-state index in [1.807, 2.05) is 24.4 Å². The van der Waals surface area contributed by atoms with Gasteiger partial charge in [0.15, 0.2) is 5.96 Å². The lowest BCUT2D eigenvalue weighted by Gasteiger charge is -2.25. The third-order valence-electron chi connectivity index (χ3n) is 3.81. The topological polar surface area (TPSA) is 56.7 Å². The maximum Gasteiger partial charge on any atom is 0.191 e. The van der Waals surface area contributed by atoms with Crippen molar-refractivity contribution in [2.75, 3.05) is 20.1 Å². The van der Waals surface area contributed by atoms with Crippen LogP contribution in [0.3, 0.4) is 0 Å². The Hall–Kier alpha value is -1.33. The zero-order chi connectivity index (χ0) is 15.1. The molecule has 1 aromatic heterocycles. The van der Waals surface area contributed by atoms with E-state index in [-0.39, 0.29) is 0 Å². The van der Waals surface area contributed by atoms with Crippen molar-refractivity contribution in [1.82, 2.24) is 10.6 Å². The minimum Gasteiger partial charge on any atom is -0.383 e. The summed E-state index contributed by atoms with van der Waals surface area (Å²) in [7, 11) is 1.76. The second-order valence-electron chi connectivity index (χ2n) is 5.71. The van der Waals surface area contributed by atoms with E-state index in [9.17, 15) is 5.11 Å². The highest BCUT2D eigenvalue weighted by molar-refractivity contribution is 7.10. The van der Waals surface area contributed by atoms with Gasteiger partial charge in [-0.05, 0) is 43.6 Å². The van der Waals surface area contributed by atoms with E-state index in [0.29, 0.717) is 12.5 Å². The van der Waals surface area contributed by atoms with Crippen molar-refractivity contribution in [3.8, 4) is 0 Å². The van der Waals surface area contributed by atoms with Crippen LogP contribution in [0.5, 0.6) is 0 Å². The molecule has 2 rings (SSSR count). The average Bonchev–Trinajstić information content (AvgIpc) is 3.03. The number of allylic oxidation sites excluding steroid dienone is 2. The predicted octanol–water partition coefficient (Wildman–Crippen LogP) is 2.48. The van der Waals surface area contributed by atoms with E-state index < -0.39 is 5.60 Å². The maximum atomic E-state index is 10.5. The van der Waals surface area contributed by atoms with Gasteiger partial charge in [0.2, 0.25) is 0 Å². The van der Waals surface area contributed by atoms with Crippen LogP contribution in [0.25, 0.3) is 0 Å². The third-order valence-corrected chi connectivity index (χ3v) is 4.93. The SMILES string of the molecule is CN=C(NCC1CC=CCC1)NCC(C)(O)c1cccs1. The molecule has 116 valence electrons. The second kappa shape index (κ2) is 7.61. The van der Waals surface area contributed by atoms with Gasteiger partial charge in [-0.25, -0.2) is 0 Å². The van der Waals surface area contributed by atoms with Gasteiger partial charge in [-0.1, -0.05) is 18.2 Å². The van der Waals surface area contributed by atoms with E-state index in [1.54, 1.807) is 18.4 Å². The van der Waals surface area contributed by atoms with Gasteiger partial charge in [0.05, 0.1) is 6.54 Å². The van der Waals surface area contributed by atoms with Crippen LogP contribution < -0.4 is 10.6 Å². The van der Waals surface area contributed by atoms with Crippen molar-refractivity contribution in [2.24, 2.45) is 10.9 Å². The van der Waals surface area contributed by atoms with Crippen LogP contribution in [0.4, 0.5) is 0 Å². The average molecular weight is 307 g/mol. The minimum atomic E-state index is -0.876. The monoisotopic (exact) mass is 307 g/mol. The molecule has 0 aliphatic heterocycles. The van der Waals surface area contributed by atoms with Gasteiger partial charge in [0.1, 0.15) is 5.60 Å². The molecule has 2 unspecified atom stereocenters. The number of guanidine groups is 1. The van der Waals surface area contributed by atoms with Crippen molar-refractivity contribution < 1.29 is 5.11 Å². The van der Waals surface area contributed by atoms with Crippen LogP contribution in [0, 0.1) is 5.92 Å². The lowest BCUT2D eigenvalue weighted by molar-refractivity contribution is 0.0655. The summed E-state index contributed by atoms with van der Waals surface area (Å²) in [5, 5.41) is 19.0. The molecule has 0 radical (unpaired) electrons. The largest absolute Gasteiger partial charge is 0.383 e. The number of aliphatic imine (C=N–C) groups is 1. The molecule has 0 fully saturated rings. The molecule has 1 aliphatic rings. The first-order valence-electron chi connectivity index (χ1n) is 7.47. The Kier molecular flexibility index (Phi) is 5.82. The zero-order valence-corrected chi connectivity index (χ0v) is 13.6. The van der Waals surface area contributed by atoms with Gasteiger partial charge >= 0.3 is 0 Å². The van der Waals surface area contributed by atoms with Crippen LogP contribution in [-0.4, -0.2) is 31.2 Å². The van der Waals surface area contributed by atoms with Crippen molar-refractivity contribution >= 4 is 17.3 Å². The van der Waals surface area contributed by atoms with Crippen molar-refractivity contribution in [3.63, 3.8) is 0 Å². The fourth-order valence-electron chi connectivity index (χ4n) is 2.43. The third kappa shape index (κ3) is 4.86. The van der Waals surface area contributed by atoms with E-state index in [1.165, 1.54) is 12.8 Å². The molecule has 0 saturated heterocycles. The summed E-state index contributed by atoms with van der Waals surface area (Å²) >= 11 is 1.57. The van der Waals surface area contributed by atoms with E-state index in [2.05, 4.69) is 27.8 Å². The highest BCUT2D eigenvalue weighted by atomic mass is 32.1. The number of aliphatic hydroxyl groups is 1. The van der Waals surface area contributed by atoms with Crippen molar-refractivity contribution in [1.29, 1.82) is 0 Å². The fraction of sp³-hybridized carbons (Fsp3) is 0.562. The smallest absolute Gasteiger partial charge is 0.191 e. The summed E-state index contributed by atoms with van der Waals surface area (Å²) in [6.45, 7) is 3.19. The van der Waals surface area contributed by atoms with Gasteiger partial charge in [0.25, 0.3) is 0 Å². The Morgan fingerprint density at radius 3 is 2.95 bits per heavy atom.